The molecule has 0 nitrogen and oxygen atoms in total. The van der Waals surface area contributed by atoms with Crippen LogP contribution in [0.15, 0.2) is 0 Å². The molecule has 0 spiro atoms. The van der Waals surface area contributed by atoms with Crippen LogP contribution in [0, 0.1) is 0 Å². The van der Waals surface area contributed by atoms with Gasteiger partial charge >= 0.3 is 118 Å². The zero-order chi connectivity index (χ0) is 0. The summed E-state index contributed by atoms with van der Waals surface area (Å²) in [5.74, 6) is 0. The molecule has 5 heavy (non-hydrogen) atoms. The maximum absolute atomic E-state index is 0. The normalized spacial score (nSPS) is 0. The van der Waals surface area contributed by atoms with Crippen molar-refractivity contribution in [3.63, 3.8) is 0 Å². The van der Waals surface area contributed by atoms with E-state index in [1.54, 1.807) is 0 Å². The van der Waals surface area contributed by atoms with Crippen LogP contribution in [0.2, 0.25) is 0 Å². The predicted octanol–water partition coefficient (Wildman–Crippen LogP) is -2.48. The van der Waals surface area contributed by atoms with E-state index in [0.29, 0.717) is 0 Å². The van der Waals surface area contributed by atoms with E-state index in [1.165, 1.54) is 0 Å². The van der Waals surface area contributed by atoms with Crippen LogP contribution in [0.3, 0.4) is 0 Å². The maximum atomic E-state index is 0. The number of hydrogen-bond donors (Lipinski definition) is 0. The SMILES string of the molecule is S.[NaH].[NaH].[NaH].[NaH]. The van der Waals surface area contributed by atoms with Crippen LogP contribution in [0.1, 0.15) is 0 Å². The van der Waals surface area contributed by atoms with E-state index in [0.717, 1.165) is 0 Å². The molecule has 0 rings (SSSR count). The Balaban J connectivity index is 0. The van der Waals surface area contributed by atoms with Gasteiger partial charge in [0.25, 0.3) is 0 Å². The molecule has 0 bridgehead atoms. The van der Waals surface area contributed by atoms with Gasteiger partial charge in [-0.15, -0.1) is 0 Å². The molecule has 0 aromatic rings. The molecular formula is H6Na4S. The van der Waals surface area contributed by atoms with Crippen molar-refractivity contribution in [1.82, 2.24) is 0 Å². The Morgan fingerprint density at radius 3 is 0.400 bits per heavy atom. The Morgan fingerprint density at radius 2 is 0.400 bits per heavy atom. The molecule has 0 atom stereocenters. The summed E-state index contributed by atoms with van der Waals surface area (Å²) in [5, 5.41) is 0. The molecule has 5 heteroatoms. The fraction of sp³-hybridized carbons (Fsp3) is 0. The van der Waals surface area contributed by atoms with Gasteiger partial charge in [-0.3, -0.25) is 0 Å². The summed E-state index contributed by atoms with van der Waals surface area (Å²) in [5.41, 5.74) is 0. The summed E-state index contributed by atoms with van der Waals surface area (Å²) in [6, 6.07) is 0. The first-order valence-electron chi connectivity index (χ1n) is 0. The molecule has 0 aliphatic heterocycles. The van der Waals surface area contributed by atoms with Gasteiger partial charge in [0.1, 0.15) is 0 Å². The molecule has 0 aromatic carbocycles. The van der Waals surface area contributed by atoms with Gasteiger partial charge in [-0.1, -0.05) is 0 Å². The fourth-order valence-electron chi connectivity index (χ4n) is 0. The summed E-state index contributed by atoms with van der Waals surface area (Å²) in [6.45, 7) is 0. The molecule has 0 saturated carbocycles. The molecule has 0 aromatic heterocycles. The molecule has 0 unspecified atom stereocenters. The van der Waals surface area contributed by atoms with Gasteiger partial charge in [-0.25, -0.2) is 0 Å². The second kappa shape index (κ2) is 23.8. The van der Waals surface area contributed by atoms with E-state index in [2.05, 4.69) is 0 Å². The van der Waals surface area contributed by atoms with Crippen molar-refractivity contribution in [3.8, 4) is 0 Å². The molecular weight excluding hydrogens is 124 g/mol. The summed E-state index contributed by atoms with van der Waals surface area (Å²) >= 11 is 0. The molecule has 0 amide bonds. The van der Waals surface area contributed by atoms with E-state index < -0.39 is 0 Å². The van der Waals surface area contributed by atoms with E-state index in [4.69, 9.17) is 0 Å². The second-order valence-corrected chi connectivity index (χ2v) is 0. The summed E-state index contributed by atoms with van der Waals surface area (Å²) in [7, 11) is 0. The van der Waals surface area contributed by atoms with Gasteiger partial charge in [-0.05, 0) is 0 Å². The van der Waals surface area contributed by atoms with Crippen molar-refractivity contribution in [2.45, 2.75) is 0 Å². The summed E-state index contributed by atoms with van der Waals surface area (Å²) < 4.78 is 0. The zero-order valence-corrected chi connectivity index (χ0v) is 1.50. The number of rotatable bonds is 0. The first-order valence-corrected chi connectivity index (χ1v) is 0. The Morgan fingerprint density at radius 1 is 0.400 bits per heavy atom. The van der Waals surface area contributed by atoms with E-state index >= 15 is 0 Å². The Kier molecular flexibility index (Phi) is 164. The third kappa shape index (κ3) is 17.8. The van der Waals surface area contributed by atoms with Crippen LogP contribution in [0.5, 0.6) is 0 Å². The molecule has 0 N–H and O–H groups in total. The standard InChI is InChI=1S/4Na.H2S.4H/h;;;;1H2;;;;. The monoisotopic (exact) mass is 130 g/mol. The molecule has 0 saturated heterocycles. The first-order chi connectivity index (χ1) is 0. The third-order valence-electron chi connectivity index (χ3n) is 0. The quantitative estimate of drug-likeness (QED) is 0.318. The zero-order valence-electron chi connectivity index (χ0n) is 0.500. The Labute approximate surface area is 128 Å². The van der Waals surface area contributed by atoms with Crippen LogP contribution in [-0.2, 0) is 0 Å². The molecule has 0 heterocycles. The molecule has 0 radical (unpaired) electrons. The Hall–Kier alpha value is 4.35. The van der Waals surface area contributed by atoms with Crippen LogP contribution < -0.4 is 0 Å². The number of hydrogen-bond acceptors (Lipinski definition) is 0. The summed E-state index contributed by atoms with van der Waals surface area (Å²) in [6.07, 6.45) is 0. The minimum absolute atomic E-state index is 0. The second-order valence-electron chi connectivity index (χ2n) is 0. The topological polar surface area (TPSA) is 0 Å². The average Bonchev–Trinajstić information content (AvgIpc) is 0. The van der Waals surface area contributed by atoms with E-state index in [1.807, 2.05) is 0 Å². The van der Waals surface area contributed by atoms with Crippen molar-refractivity contribution >= 4 is 132 Å². The van der Waals surface area contributed by atoms with Crippen LogP contribution >= 0.6 is 13.5 Å². The summed E-state index contributed by atoms with van der Waals surface area (Å²) in [4.78, 5) is 0. The van der Waals surface area contributed by atoms with Gasteiger partial charge in [0.05, 0.1) is 0 Å². The molecule has 16 valence electrons. The van der Waals surface area contributed by atoms with Crippen molar-refractivity contribution in [1.29, 1.82) is 0 Å². The van der Waals surface area contributed by atoms with Crippen LogP contribution in [-0.4, -0.2) is 118 Å². The fourth-order valence-corrected chi connectivity index (χ4v) is 0. The van der Waals surface area contributed by atoms with E-state index in [9.17, 15) is 0 Å². The molecule has 0 aliphatic rings. The van der Waals surface area contributed by atoms with Crippen molar-refractivity contribution < 1.29 is 0 Å². The molecule has 0 aliphatic carbocycles. The van der Waals surface area contributed by atoms with Crippen molar-refractivity contribution in [2.75, 3.05) is 0 Å². The van der Waals surface area contributed by atoms with Crippen LogP contribution in [0.4, 0.5) is 0 Å². The predicted molar refractivity (Wildman–Crippen MR) is 39.0 cm³/mol. The van der Waals surface area contributed by atoms with Gasteiger partial charge in [0.15, 0.2) is 0 Å². The van der Waals surface area contributed by atoms with Crippen molar-refractivity contribution in [2.24, 2.45) is 0 Å². The first kappa shape index (κ1) is 34.5. The third-order valence-corrected chi connectivity index (χ3v) is 0. The van der Waals surface area contributed by atoms with Crippen molar-refractivity contribution in [3.05, 3.63) is 0 Å². The molecule has 0 fully saturated rings. The van der Waals surface area contributed by atoms with Gasteiger partial charge < -0.3 is 0 Å². The van der Waals surface area contributed by atoms with Gasteiger partial charge in [0, 0.05) is 0 Å². The van der Waals surface area contributed by atoms with Gasteiger partial charge in [0.2, 0.25) is 0 Å². The minimum atomic E-state index is 0. The Bertz CT molecular complexity index is 3.61. The van der Waals surface area contributed by atoms with Crippen LogP contribution in [0.25, 0.3) is 0 Å². The van der Waals surface area contributed by atoms with E-state index in [-0.39, 0.29) is 132 Å². The van der Waals surface area contributed by atoms with Gasteiger partial charge in [-0.2, -0.15) is 13.5 Å². The average molecular weight is 130 g/mol.